The summed E-state index contributed by atoms with van der Waals surface area (Å²) in [6.07, 6.45) is 0.778. The van der Waals surface area contributed by atoms with E-state index in [1.165, 1.54) is 0 Å². The lowest BCUT2D eigenvalue weighted by atomic mass is 9.92. The van der Waals surface area contributed by atoms with Gasteiger partial charge in [0, 0.05) is 5.92 Å². The Morgan fingerprint density at radius 3 is 2.25 bits per heavy atom. The highest BCUT2D eigenvalue weighted by Gasteiger charge is 2.12. The van der Waals surface area contributed by atoms with Gasteiger partial charge in [0.1, 0.15) is 11.5 Å². The second-order valence-corrected chi connectivity index (χ2v) is 4.71. The van der Waals surface area contributed by atoms with Gasteiger partial charge in [-0.3, -0.25) is 0 Å². The van der Waals surface area contributed by atoms with Crippen LogP contribution in [-0.2, 0) is 6.42 Å². The molecule has 1 atom stereocenters. The fraction of sp³-hybridized carbons (Fsp3) is 0.294. The van der Waals surface area contributed by atoms with Crippen molar-refractivity contribution in [2.75, 3.05) is 20.8 Å². The van der Waals surface area contributed by atoms with Gasteiger partial charge in [-0.2, -0.15) is 0 Å². The second-order valence-electron chi connectivity index (χ2n) is 4.71. The first kappa shape index (κ1) is 14.4. The Kier molecular flexibility index (Phi) is 5.02. The summed E-state index contributed by atoms with van der Waals surface area (Å²) < 4.78 is 10.4. The smallest absolute Gasteiger partial charge is 0.119 e. The van der Waals surface area contributed by atoms with Gasteiger partial charge in [0.15, 0.2) is 0 Å². The van der Waals surface area contributed by atoms with E-state index in [9.17, 15) is 5.11 Å². The molecule has 0 radical (unpaired) electrons. The van der Waals surface area contributed by atoms with Crippen LogP contribution in [0.3, 0.4) is 0 Å². The topological polar surface area (TPSA) is 38.7 Å². The van der Waals surface area contributed by atoms with Crippen LogP contribution in [0, 0.1) is 0 Å². The summed E-state index contributed by atoms with van der Waals surface area (Å²) in [5, 5.41) is 9.63. The molecular weight excluding hydrogens is 252 g/mol. The Bertz CT molecular complexity index is 534. The first-order valence-electron chi connectivity index (χ1n) is 6.64. The lowest BCUT2D eigenvalue weighted by Crippen LogP contribution is -2.07. The van der Waals surface area contributed by atoms with E-state index in [0.717, 1.165) is 29.0 Å². The largest absolute Gasteiger partial charge is 0.497 e. The SMILES string of the molecule is COc1ccc(C(CO)Cc2cccc(OC)c2)cc1. The summed E-state index contributed by atoms with van der Waals surface area (Å²) >= 11 is 0. The second kappa shape index (κ2) is 6.96. The Hall–Kier alpha value is -2.00. The van der Waals surface area contributed by atoms with Crippen LogP contribution in [0.25, 0.3) is 0 Å². The van der Waals surface area contributed by atoms with Crippen LogP contribution in [0.15, 0.2) is 48.5 Å². The Morgan fingerprint density at radius 2 is 1.65 bits per heavy atom. The summed E-state index contributed by atoms with van der Waals surface area (Å²) in [4.78, 5) is 0. The van der Waals surface area contributed by atoms with Gasteiger partial charge in [-0.1, -0.05) is 24.3 Å². The van der Waals surface area contributed by atoms with Crippen LogP contribution in [0.4, 0.5) is 0 Å². The predicted molar refractivity (Wildman–Crippen MR) is 79.5 cm³/mol. The van der Waals surface area contributed by atoms with Crippen LogP contribution in [0.1, 0.15) is 17.0 Å². The number of ether oxygens (including phenoxy) is 2. The van der Waals surface area contributed by atoms with E-state index >= 15 is 0 Å². The summed E-state index contributed by atoms with van der Waals surface area (Å²) in [5.74, 6) is 1.74. The zero-order valence-electron chi connectivity index (χ0n) is 11.9. The van der Waals surface area contributed by atoms with E-state index in [2.05, 4.69) is 6.07 Å². The lowest BCUT2D eigenvalue weighted by molar-refractivity contribution is 0.264. The third kappa shape index (κ3) is 3.52. The number of benzene rings is 2. The number of aliphatic hydroxyl groups excluding tert-OH is 1. The number of methoxy groups -OCH3 is 2. The van der Waals surface area contributed by atoms with Gasteiger partial charge < -0.3 is 14.6 Å². The van der Waals surface area contributed by atoms with E-state index < -0.39 is 0 Å². The minimum atomic E-state index is 0.0769. The molecule has 0 aliphatic heterocycles. The van der Waals surface area contributed by atoms with Crippen molar-refractivity contribution in [1.29, 1.82) is 0 Å². The van der Waals surface area contributed by atoms with Gasteiger partial charge in [0.05, 0.1) is 20.8 Å². The molecule has 0 saturated heterocycles. The van der Waals surface area contributed by atoms with Crippen LogP contribution in [-0.4, -0.2) is 25.9 Å². The molecule has 0 amide bonds. The number of rotatable bonds is 6. The maximum absolute atomic E-state index is 9.63. The van der Waals surface area contributed by atoms with Gasteiger partial charge in [0.2, 0.25) is 0 Å². The summed E-state index contributed by atoms with van der Waals surface area (Å²) in [6, 6.07) is 15.8. The number of hydrogen-bond acceptors (Lipinski definition) is 3. The molecule has 0 aliphatic rings. The van der Waals surface area contributed by atoms with Gasteiger partial charge in [-0.05, 0) is 41.8 Å². The van der Waals surface area contributed by atoms with Gasteiger partial charge in [-0.25, -0.2) is 0 Å². The molecule has 3 heteroatoms. The summed E-state index contributed by atoms with van der Waals surface area (Å²) in [6.45, 7) is 0.115. The highest BCUT2D eigenvalue weighted by atomic mass is 16.5. The van der Waals surface area contributed by atoms with Crippen molar-refractivity contribution in [3.63, 3.8) is 0 Å². The first-order chi connectivity index (χ1) is 9.76. The van der Waals surface area contributed by atoms with Crippen molar-refractivity contribution >= 4 is 0 Å². The van der Waals surface area contributed by atoms with Gasteiger partial charge in [-0.15, -0.1) is 0 Å². The molecular formula is C17H20O3. The Balaban J connectivity index is 2.14. The predicted octanol–water partition coefficient (Wildman–Crippen LogP) is 3.02. The van der Waals surface area contributed by atoms with Crippen molar-refractivity contribution in [3.8, 4) is 11.5 Å². The first-order valence-corrected chi connectivity index (χ1v) is 6.64. The Labute approximate surface area is 119 Å². The standard InChI is InChI=1S/C17H20O3/c1-19-16-8-6-14(7-9-16)15(12-18)10-13-4-3-5-17(11-13)20-2/h3-9,11,15,18H,10,12H2,1-2H3. The summed E-state index contributed by atoms with van der Waals surface area (Å²) in [7, 11) is 3.31. The molecule has 2 aromatic carbocycles. The molecule has 0 bridgehead atoms. The van der Waals surface area contributed by atoms with E-state index in [1.807, 2.05) is 42.5 Å². The van der Waals surface area contributed by atoms with E-state index in [1.54, 1.807) is 14.2 Å². The maximum atomic E-state index is 9.63. The zero-order chi connectivity index (χ0) is 14.4. The molecule has 20 heavy (non-hydrogen) atoms. The molecule has 0 heterocycles. The fourth-order valence-corrected chi connectivity index (χ4v) is 2.25. The highest BCUT2D eigenvalue weighted by molar-refractivity contribution is 5.33. The molecule has 1 N–H and O–H groups in total. The average molecular weight is 272 g/mol. The number of aliphatic hydroxyl groups is 1. The highest BCUT2D eigenvalue weighted by Crippen LogP contribution is 2.24. The van der Waals surface area contributed by atoms with Crippen LogP contribution < -0.4 is 9.47 Å². The maximum Gasteiger partial charge on any atom is 0.119 e. The van der Waals surface area contributed by atoms with Crippen molar-refractivity contribution in [2.45, 2.75) is 12.3 Å². The van der Waals surface area contributed by atoms with Gasteiger partial charge >= 0.3 is 0 Å². The molecule has 0 aliphatic carbocycles. The minimum absolute atomic E-state index is 0.0769. The fourth-order valence-electron chi connectivity index (χ4n) is 2.25. The van der Waals surface area contributed by atoms with E-state index in [4.69, 9.17) is 9.47 Å². The van der Waals surface area contributed by atoms with Crippen molar-refractivity contribution < 1.29 is 14.6 Å². The Morgan fingerprint density at radius 1 is 0.950 bits per heavy atom. The molecule has 1 unspecified atom stereocenters. The molecule has 0 saturated carbocycles. The van der Waals surface area contributed by atoms with Crippen molar-refractivity contribution in [3.05, 3.63) is 59.7 Å². The third-order valence-electron chi connectivity index (χ3n) is 3.42. The molecule has 106 valence electrons. The van der Waals surface area contributed by atoms with E-state index in [-0.39, 0.29) is 12.5 Å². The molecule has 0 aromatic heterocycles. The average Bonchev–Trinajstić information content (AvgIpc) is 2.53. The molecule has 2 rings (SSSR count). The third-order valence-corrected chi connectivity index (χ3v) is 3.42. The molecule has 3 nitrogen and oxygen atoms in total. The van der Waals surface area contributed by atoms with Crippen LogP contribution >= 0.6 is 0 Å². The number of hydrogen-bond donors (Lipinski definition) is 1. The molecule has 2 aromatic rings. The van der Waals surface area contributed by atoms with E-state index in [0.29, 0.717) is 0 Å². The van der Waals surface area contributed by atoms with Crippen molar-refractivity contribution in [1.82, 2.24) is 0 Å². The van der Waals surface area contributed by atoms with Crippen molar-refractivity contribution in [2.24, 2.45) is 0 Å². The van der Waals surface area contributed by atoms with Gasteiger partial charge in [0.25, 0.3) is 0 Å². The zero-order valence-corrected chi connectivity index (χ0v) is 11.9. The minimum Gasteiger partial charge on any atom is -0.497 e. The monoisotopic (exact) mass is 272 g/mol. The lowest BCUT2D eigenvalue weighted by Gasteiger charge is -2.15. The van der Waals surface area contributed by atoms with Crippen LogP contribution in [0.2, 0.25) is 0 Å². The normalized spacial score (nSPS) is 11.9. The van der Waals surface area contributed by atoms with Crippen LogP contribution in [0.5, 0.6) is 11.5 Å². The summed E-state index contributed by atoms with van der Waals surface area (Å²) in [5.41, 5.74) is 2.26. The molecule has 0 spiro atoms. The molecule has 0 fully saturated rings. The quantitative estimate of drug-likeness (QED) is 0.878.